The zero-order valence-corrected chi connectivity index (χ0v) is 11.4. The van der Waals surface area contributed by atoms with E-state index < -0.39 is 5.97 Å². The summed E-state index contributed by atoms with van der Waals surface area (Å²) in [6.07, 6.45) is 8.13. The van der Waals surface area contributed by atoms with Gasteiger partial charge in [-0.25, -0.2) is 4.79 Å². The highest BCUT2D eigenvalue weighted by Gasteiger charge is 2.18. The normalized spacial score (nSPS) is 15.8. The zero-order valence-electron chi connectivity index (χ0n) is 11.4. The molecule has 0 amide bonds. The lowest BCUT2D eigenvalue weighted by Gasteiger charge is -2.16. The average Bonchev–Trinajstić information content (AvgIpc) is 2.74. The van der Waals surface area contributed by atoms with Crippen LogP contribution in [0.2, 0.25) is 0 Å². The minimum atomic E-state index is -0.433. The van der Waals surface area contributed by atoms with Crippen LogP contribution in [-0.2, 0) is 4.74 Å². The Kier molecular flexibility index (Phi) is 6.43. The Bertz CT molecular complexity index is 457. The van der Waals surface area contributed by atoms with E-state index >= 15 is 0 Å². The predicted molar refractivity (Wildman–Crippen MR) is 80.3 cm³/mol. The van der Waals surface area contributed by atoms with Gasteiger partial charge in [-0.3, -0.25) is 4.79 Å². The maximum absolute atomic E-state index is 11.7. The second-order valence-electron chi connectivity index (χ2n) is 5.14. The van der Waals surface area contributed by atoms with Gasteiger partial charge in [-0.15, -0.1) is 0 Å². The maximum atomic E-state index is 11.7. The van der Waals surface area contributed by atoms with Crippen LogP contribution >= 0.6 is 0 Å². The van der Waals surface area contributed by atoms with Crippen molar-refractivity contribution in [2.24, 2.45) is 0 Å². The van der Waals surface area contributed by atoms with Crippen LogP contribution in [0.1, 0.15) is 78.1 Å². The van der Waals surface area contributed by atoms with Gasteiger partial charge in [0.25, 0.3) is 0 Å². The number of ether oxygens (including phenoxy) is 1. The van der Waals surface area contributed by atoms with Crippen molar-refractivity contribution in [3.05, 3.63) is 34.9 Å². The Morgan fingerprint density at radius 1 is 1.20 bits per heavy atom. The summed E-state index contributed by atoms with van der Waals surface area (Å²) in [5.74, 6) is 0.0733. The van der Waals surface area contributed by atoms with Crippen LogP contribution in [-0.4, -0.2) is 19.4 Å². The van der Waals surface area contributed by atoms with E-state index in [0.717, 1.165) is 5.56 Å². The molecule has 0 radical (unpaired) electrons. The molecule has 1 fully saturated rings. The molecular weight excluding hydrogens is 252 g/mol. The van der Waals surface area contributed by atoms with Gasteiger partial charge >= 0.3 is 5.97 Å². The lowest BCUT2D eigenvalue weighted by Crippen LogP contribution is -2.08. The molecular formula is C17H24O3. The minimum Gasteiger partial charge on any atom is -0.465 e. The Morgan fingerprint density at radius 3 is 2.40 bits per heavy atom. The van der Waals surface area contributed by atoms with Crippen molar-refractivity contribution in [3.8, 4) is 0 Å². The van der Waals surface area contributed by atoms with E-state index in [1.54, 1.807) is 6.07 Å². The van der Waals surface area contributed by atoms with Crippen LogP contribution in [0.25, 0.3) is 0 Å². The van der Waals surface area contributed by atoms with Crippen LogP contribution in [0, 0.1) is 0 Å². The molecule has 0 aromatic heterocycles. The molecule has 3 heteroatoms. The molecule has 0 aliphatic heterocycles. The number of hydrogen-bond donors (Lipinski definition) is 0. The molecule has 0 N–H and O–H groups in total. The molecule has 0 spiro atoms. The van der Waals surface area contributed by atoms with Crippen molar-refractivity contribution in [1.29, 1.82) is 0 Å². The highest BCUT2D eigenvalue weighted by atomic mass is 16.5. The highest BCUT2D eigenvalue weighted by Crippen LogP contribution is 2.32. The molecule has 0 saturated heterocycles. The topological polar surface area (TPSA) is 43.4 Å². The van der Waals surface area contributed by atoms with Crippen molar-refractivity contribution in [3.63, 3.8) is 0 Å². The first-order chi connectivity index (χ1) is 9.26. The van der Waals surface area contributed by atoms with Gasteiger partial charge in [0.1, 0.15) is 0 Å². The van der Waals surface area contributed by atoms with E-state index in [0.29, 0.717) is 23.3 Å². The first kappa shape index (κ1) is 16.4. The summed E-state index contributed by atoms with van der Waals surface area (Å²) < 4.78 is 4.75. The molecule has 3 nitrogen and oxygen atoms in total. The molecule has 0 unspecified atom stereocenters. The molecule has 1 aliphatic rings. The van der Waals surface area contributed by atoms with Gasteiger partial charge in [-0.1, -0.05) is 45.2 Å². The van der Waals surface area contributed by atoms with Crippen molar-refractivity contribution in [2.75, 3.05) is 7.11 Å². The number of methoxy groups -OCH3 is 1. The first-order valence-electron chi connectivity index (χ1n) is 6.93. The maximum Gasteiger partial charge on any atom is 0.338 e. The summed E-state index contributed by atoms with van der Waals surface area (Å²) in [5.41, 5.74) is 1.95. The van der Waals surface area contributed by atoms with Gasteiger partial charge in [0.05, 0.1) is 12.7 Å². The fourth-order valence-corrected chi connectivity index (χ4v) is 2.83. The van der Waals surface area contributed by atoms with Crippen LogP contribution in [0.5, 0.6) is 0 Å². The van der Waals surface area contributed by atoms with E-state index in [1.807, 2.05) is 12.1 Å². The number of carbonyl (C=O) groups is 2. The SMILES string of the molecule is C.COC(=O)c1cc(C2CCCCCC2)ccc1C=O. The van der Waals surface area contributed by atoms with Crippen LogP contribution in [0.3, 0.4) is 0 Å². The zero-order chi connectivity index (χ0) is 13.7. The molecule has 1 aliphatic carbocycles. The van der Waals surface area contributed by atoms with Crippen molar-refractivity contribution >= 4 is 12.3 Å². The second kappa shape index (κ2) is 7.83. The summed E-state index contributed by atoms with van der Waals surface area (Å²) in [5, 5.41) is 0. The predicted octanol–water partition coefficient (Wildman–Crippen LogP) is 4.36. The fraction of sp³-hybridized carbons (Fsp3) is 0.529. The highest BCUT2D eigenvalue weighted by molar-refractivity contribution is 5.98. The lowest BCUT2D eigenvalue weighted by molar-refractivity contribution is 0.0598. The van der Waals surface area contributed by atoms with Gasteiger partial charge in [0.15, 0.2) is 6.29 Å². The number of carbonyl (C=O) groups excluding carboxylic acids is 2. The fourth-order valence-electron chi connectivity index (χ4n) is 2.83. The minimum absolute atomic E-state index is 0. The van der Waals surface area contributed by atoms with E-state index in [-0.39, 0.29) is 7.43 Å². The Balaban J connectivity index is 0.00000200. The molecule has 1 saturated carbocycles. The summed E-state index contributed by atoms with van der Waals surface area (Å²) in [6.45, 7) is 0. The average molecular weight is 276 g/mol. The smallest absolute Gasteiger partial charge is 0.338 e. The third-order valence-corrected chi connectivity index (χ3v) is 3.94. The van der Waals surface area contributed by atoms with Crippen LogP contribution in [0.15, 0.2) is 18.2 Å². The second-order valence-corrected chi connectivity index (χ2v) is 5.14. The molecule has 1 aromatic carbocycles. The summed E-state index contributed by atoms with van der Waals surface area (Å²) in [6, 6.07) is 5.55. The third kappa shape index (κ3) is 3.69. The van der Waals surface area contributed by atoms with Crippen molar-refractivity contribution in [1.82, 2.24) is 0 Å². The summed E-state index contributed by atoms with van der Waals surface area (Å²) >= 11 is 0. The Morgan fingerprint density at radius 2 is 1.85 bits per heavy atom. The molecule has 1 aromatic rings. The van der Waals surface area contributed by atoms with Gasteiger partial charge in [-0.05, 0) is 30.4 Å². The number of aldehydes is 1. The van der Waals surface area contributed by atoms with Gasteiger partial charge in [-0.2, -0.15) is 0 Å². The van der Waals surface area contributed by atoms with Crippen LogP contribution in [0.4, 0.5) is 0 Å². The molecule has 20 heavy (non-hydrogen) atoms. The number of rotatable bonds is 3. The molecule has 0 atom stereocenters. The Labute approximate surface area is 121 Å². The van der Waals surface area contributed by atoms with E-state index in [2.05, 4.69) is 0 Å². The molecule has 0 bridgehead atoms. The van der Waals surface area contributed by atoms with Gasteiger partial charge in [0, 0.05) is 5.56 Å². The molecule has 2 rings (SSSR count). The standard InChI is InChI=1S/C16H20O3.CH4/c1-19-16(18)15-10-13(8-9-14(15)11-17)12-6-4-2-3-5-7-12;/h8-12H,2-7H2,1H3;1H4. The molecule has 0 heterocycles. The summed E-state index contributed by atoms with van der Waals surface area (Å²) in [4.78, 5) is 22.7. The van der Waals surface area contributed by atoms with Crippen LogP contribution < -0.4 is 0 Å². The lowest BCUT2D eigenvalue weighted by atomic mass is 9.89. The van der Waals surface area contributed by atoms with Gasteiger partial charge < -0.3 is 4.74 Å². The Hall–Kier alpha value is -1.64. The summed E-state index contributed by atoms with van der Waals surface area (Å²) in [7, 11) is 1.34. The van der Waals surface area contributed by atoms with Crippen molar-refractivity contribution < 1.29 is 14.3 Å². The monoisotopic (exact) mass is 276 g/mol. The largest absolute Gasteiger partial charge is 0.465 e. The number of esters is 1. The molecule has 110 valence electrons. The van der Waals surface area contributed by atoms with Gasteiger partial charge in [0.2, 0.25) is 0 Å². The van der Waals surface area contributed by atoms with Crippen molar-refractivity contribution in [2.45, 2.75) is 51.9 Å². The van der Waals surface area contributed by atoms with E-state index in [4.69, 9.17) is 4.74 Å². The number of benzene rings is 1. The quantitative estimate of drug-likeness (QED) is 0.468. The van der Waals surface area contributed by atoms with E-state index in [1.165, 1.54) is 45.6 Å². The van der Waals surface area contributed by atoms with E-state index in [9.17, 15) is 9.59 Å². The number of hydrogen-bond acceptors (Lipinski definition) is 3. The first-order valence-corrected chi connectivity index (χ1v) is 6.93. The third-order valence-electron chi connectivity index (χ3n) is 3.94.